The Labute approximate surface area is 108 Å². The van der Waals surface area contributed by atoms with Gasteiger partial charge in [0.05, 0.1) is 0 Å². The molecule has 6 heteroatoms. The van der Waals surface area contributed by atoms with Crippen LogP contribution in [0.2, 0.25) is 0 Å². The predicted molar refractivity (Wildman–Crippen MR) is 71.1 cm³/mol. The average molecular weight is 269 g/mol. The fourth-order valence-corrected chi connectivity index (χ4v) is 3.26. The number of nitrogens with two attached hydrogens (primary N) is 2. The van der Waals surface area contributed by atoms with Gasteiger partial charge in [0.1, 0.15) is 0 Å². The molecule has 1 heterocycles. The largest absolute Gasteiger partial charge is 0.330 e. The molecule has 0 spiro atoms. The molecule has 0 aliphatic carbocycles. The van der Waals surface area contributed by atoms with Gasteiger partial charge in [0.2, 0.25) is 0 Å². The summed E-state index contributed by atoms with van der Waals surface area (Å²) in [6.07, 6.45) is 1.42. The molecule has 4 N–H and O–H groups in total. The molecular formula is C12H19N3O2S. The van der Waals surface area contributed by atoms with Gasteiger partial charge in [0.15, 0.2) is 0 Å². The van der Waals surface area contributed by atoms with Gasteiger partial charge in [-0.2, -0.15) is 12.7 Å². The molecule has 2 rings (SSSR count). The monoisotopic (exact) mass is 269 g/mol. The van der Waals surface area contributed by atoms with Gasteiger partial charge in [-0.15, -0.1) is 0 Å². The molecule has 1 aliphatic heterocycles. The van der Waals surface area contributed by atoms with Crippen molar-refractivity contribution < 1.29 is 8.42 Å². The van der Waals surface area contributed by atoms with E-state index in [1.807, 2.05) is 18.2 Å². The lowest BCUT2D eigenvalue weighted by Gasteiger charge is -2.40. The first-order valence-corrected chi connectivity index (χ1v) is 7.52. The summed E-state index contributed by atoms with van der Waals surface area (Å²) in [6, 6.07) is 10.0. The minimum atomic E-state index is -3.57. The molecule has 18 heavy (non-hydrogen) atoms. The van der Waals surface area contributed by atoms with Gasteiger partial charge in [-0.05, 0) is 18.4 Å². The second-order valence-corrected chi connectivity index (χ2v) is 6.34. The normalized spacial score (nSPS) is 20.8. The first kappa shape index (κ1) is 13.5. The molecule has 0 unspecified atom stereocenters. The quantitative estimate of drug-likeness (QED) is 0.820. The van der Waals surface area contributed by atoms with E-state index in [4.69, 9.17) is 10.9 Å². The summed E-state index contributed by atoms with van der Waals surface area (Å²) in [7, 11) is -3.57. The lowest BCUT2D eigenvalue weighted by Crippen LogP contribution is -2.50. The van der Waals surface area contributed by atoms with Crippen molar-refractivity contribution in [1.82, 2.24) is 4.31 Å². The van der Waals surface area contributed by atoms with Crippen molar-refractivity contribution in [3.05, 3.63) is 35.9 Å². The molecule has 1 saturated heterocycles. The van der Waals surface area contributed by atoms with E-state index in [9.17, 15) is 8.42 Å². The summed E-state index contributed by atoms with van der Waals surface area (Å²) < 4.78 is 23.9. The Kier molecular flexibility index (Phi) is 3.72. The van der Waals surface area contributed by atoms with E-state index in [2.05, 4.69) is 12.1 Å². The van der Waals surface area contributed by atoms with Crippen LogP contribution in [0.5, 0.6) is 0 Å². The number of nitrogens with zero attached hydrogens (tertiary/aromatic N) is 1. The SMILES string of the molecule is NCC1(c2ccccc2)CCN(S(N)(=O)=O)CC1. The molecule has 0 saturated carbocycles. The number of piperidine rings is 1. The highest BCUT2D eigenvalue weighted by molar-refractivity contribution is 7.86. The molecular weight excluding hydrogens is 250 g/mol. The van der Waals surface area contributed by atoms with Crippen molar-refractivity contribution >= 4 is 10.2 Å². The van der Waals surface area contributed by atoms with E-state index in [-0.39, 0.29) is 5.41 Å². The summed E-state index contributed by atoms with van der Waals surface area (Å²) in [6.45, 7) is 1.39. The molecule has 1 fully saturated rings. The van der Waals surface area contributed by atoms with Crippen molar-refractivity contribution in [3.63, 3.8) is 0 Å². The number of hydrogen-bond donors (Lipinski definition) is 2. The standard InChI is InChI=1S/C12H19N3O2S/c13-10-12(11-4-2-1-3-5-11)6-8-15(9-7-12)18(14,16)17/h1-5H,6-10,13H2,(H2,14,16,17). The topological polar surface area (TPSA) is 89.4 Å². The maximum atomic E-state index is 11.3. The Morgan fingerprint density at radius 3 is 2.17 bits per heavy atom. The van der Waals surface area contributed by atoms with E-state index < -0.39 is 10.2 Å². The van der Waals surface area contributed by atoms with Crippen molar-refractivity contribution in [3.8, 4) is 0 Å². The Bertz CT molecular complexity index is 493. The molecule has 5 nitrogen and oxygen atoms in total. The van der Waals surface area contributed by atoms with Crippen LogP contribution in [0.25, 0.3) is 0 Å². The van der Waals surface area contributed by atoms with E-state index >= 15 is 0 Å². The molecule has 100 valence electrons. The van der Waals surface area contributed by atoms with Crippen LogP contribution in [-0.2, 0) is 15.6 Å². The van der Waals surface area contributed by atoms with Gasteiger partial charge in [-0.25, -0.2) is 5.14 Å². The maximum absolute atomic E-state index is 11.3. The fraction of sp³-hybridized carbons (Fsp3) is 0.500. The predicted octanol–water partition coefficient (Wildman–Crippen LogP) is 0.182. The minimum Gasteiger partial charge on any atom is -0.330 e. The van der Waals surface area contributed by atoms with E-state index in [0.29, 0.717) is 32.5 Å². The van der Waals surface area contributed by atoms with Crippen molar-refractivity contribution in [2.45, 2.75) is 18.3 Å². The van der Waals surface area contributed by atoms with Crippen molar-refractivity contribution in [2.75, 3.05) is 19.6 Å². The van der Waals surface area contributed by atoms with Crippen LogP contribution in [-0.4, -0.2) is 32.4 Å². The van der Waals surface area contributed by atoms with Gasteiger partial charge < -0.3 is 5.73 Å². The zero-order valence-electron chi connectivity index (χ0n) is 10.2. The maximum Gasteiger partial charge on any atom is 0.276 e. The van der Waals surface area contributed by atoms with Crippen LogP contribution < -0.4 is 10.9 Å². The highest BCUT2D eigenvalue weighted by Crippen LogP contribution is 2.34. The van der Waals surface area contributed by atoms with E-state index in [1.54, 1.807) is 0 Å². The highest BCUT2D eigenvalue weighted by atomic mass is 32.2. The summed E-state index contributed by atoms with van der Waals surface area (Å²) >= 11 is 0. The van der Waals surface area contributed by atoms with E-state index in [0.717, 1.165) is 0 Å². The third kappa shape index (κ3) is 2.56. The first-order valence-electron chi connectivity index (χ1n) is 6.01. The zero-order chi connectivity index (χ0) is 13.2. The fourth-order valence-electron chi connectivity index (χ4n) is 2.57. The van der Waals surface area contributed by atoms with Crippen molar-refractivity contribution in [1.29, 1.82) is 0 Å². The molecule has 0 radical (unpaired) electrons. The number of hydrogen-bond acceptors (Lipinski definition) is 3. The van der Waals surface area contributed by atoms with E-state index in [1.165, 1.54) is 9.87 Å². The Balaban J connectivity index is 2.19. The number of rotatable bonds is 3. The molecule has 1 aromatic rings. The summed E-state index contributed by atoms with van der Waals surface area (Å²) in [4.78, 5) is 0. The van der Waals surface area contributed by atoms with Crippen LogP contribution in [0.4, 0.5) is 0 Å². The van der Waals surface area contributed by atoms with Crippen LogP contribution in [0.3, 0.4) is 0 Å². The average Bonchev–Trinajstić information content (AvgIpc) is 2.39. The third-order valence-electron chi connectivity index (χ3n) is 3.82. The van der Waals surface area contributed by atoms with Crippen molar-refractivity contribution in [2.24, 2.45) is 10.9 Å². The van der Waals surface area contributed by atoms with Gasteiger partial charge in [0, 0.05) is 25.0 Å². The van der Waals surface area contributed by atoms with Gasteiger partial charge >= 0.3 is 0 Å². The van der Waals surface area contributed by atoms with Gasteiger partial charge in [-0.1, -0.05) is 30.3 Å². The van der Waals surface area contributed by atoms with Crippen LogP contribution >= 0.6 is 0 Å². The second-order valence-electron chi connectivity index (χ2n) is 4.79. The van der Waals surface area contributed by atoms with Crippen LogP contribution in [0, 0.1) is 0 Å². The lowest BCUT2D eigenvalue weighted by molar-refractivity contribution is 0.238. The molecule has 0 amide bonds. The molecule has 0 bridgehead atoms. The Morgan fingerprint density at radius 2 is 1.72 bits per heavy atom. The Morgan fingerprint density at radius 1 is 1.17 bits per heavy atom. The molecule has 1 aliphatic rings. The smallest absolute Gasteiger partial charge is 0.276 e. The summed E-state index contributed by atoms with van der Waals surface area (Å²) in [5.41, 5.74) is 6.98. The summed E-state index contributed by atoms with van der Waals surface area (Å²) in [5.74, 6) is 0. The van der Waals surface area contributed by atoms with Crippen LogP contribution in [0.1, 0.15) is 18.4 Å². The first-order chi connectivity index (χ1) is 8.48. The molecule has 0 aromatic heterocycles. The van der Waals surface area contributed by atoms with Crippen LogP contribution in [0.15, 0.2) is 30.3 Å². The molecule has 1 aromatic carbocycles. The van der Waals surface area contributed by atoms with Gasteiger partial charge in [0.25, 0.3) is 10.2 Å². The Hall–Kier alpha value is -0.950. The second kappa shape index (κ2) is 4.97. The lowest BCUT2D eigenvalue weighted by atomic mass is 9.73. The summed E-state index contributed by atoms with van der Waals surface area (Å²) in [5, 5.41) is 5.15. The minimum absolute atomic E-state index is 0.123. The molecule has 0 atom stereocenters. The van der Waals surface area contributed by atoms with Gasteiger partial charge in [-0.3, -0.25) is 0 Å². The zero-order valence-corrected chi connectivity index (χ0v) is 11.1. The highest BCUT2D eigenvalue weighted by Gasteiger charge is 2.37. The third-order valence-corrected chi connectivity index (χ3v) is 4.90. The number of benzene rings is 1.